The molecule has 61 heavy (non-hydrogen) atoms. The highest BCUT2D eigenvalue weighted by Crippen LogP contribution is 2.53. The van der Waals surface area contributed by atoms with Gasteiger partial charge in [0.05, 0.1) is 5.69 Å². The lowest BCUT2D eigenvalue weighted by Gasteiger charge is -2.47. The summed E-state index contributed by atoms with van der Waals surface area (Å²) in [5.74, 6) is 1.07. The number of hydrogen-bond donors (Lipinski definition) is 0. The van der Waals surface area contributed by atoms with Gasteiger partial charge >= 0.3 is 0 Å². The Hall–Kier alpha value is -4.35. The molecule has 2 aliphatic heterocycles. The van der Waals surface area contributed by atoms with Crippen molar-refractivity contribution in [3.63, 3.8) is 0 Å². The summed E-state index contributed by atoms with van der Waals surface area (Å²) in [4.78, 5) is 10.9. The van der Waals surface area contributed by atoms with E-state index in [1.54, 1.807) is 0 Å². The molecule has 2 aliphatic carbocycles. The summed E-state index contributed by atoms with van der Waals surface area (Å²) < 4.78 is 2.76. The Bertz CT molecular complexity index is 2800. The predicted octanol–water partition coefficient (Wildman–Crippen LogP) is 14.0. The van der Waals surface area contributed by atoms with Gasteiger partial charge in [-0.15, -0.1) is 11.3 Å². The standard InChI is InChI=1S/C56H66BN3S/c1-33-28-45-47-50(58-33)60(37-21-22-39-40(30-37)54(10,11)25-24-53(39,8)9)44-32-42-41(55(12,13)26-27-56(42,14)15)31-43(44)57(47)49-48(38-29-35(52(5,6)7)18-23-46(38)61-49)59(45)36-19-16-34(17-20-36)51(2,3)4/h16-23,28-32H,24-27H2,1-15H3. The Morgan fingerprint density at radius 2 is 1.10 bits per heavy atom. The molecule has 0 radical (unpaired) electrons. The largest absolute Gasteiger partial charge is 0.310 e. The SMILES string of the molecule is Cc1cc2c3c(n1)N(c1ccc4c(c1)C(C)(C)CCC4(C)C)c1cc4c(cc1B3c1sc3ccc(C(C)(C)C)cc3c1N2c1ccc(C(C)(C)C)cc1)C(C)(C)CCC4(C)C. The zero-order valence-corrected chi connectivity index (χ0v) is 40.5. The average Bonchev–Trinajstić information content (AvgIpc) is 3.56. The fraction of sp³-hybridized carbons (Fsp3) is 0.446. The van der Waals surface area contributed by atoms with Crippen LogP contribution in [0.4, 0.5) is 34.3 Å². The Kier molecular flexibility index (Phi) is 8.59. The van der Waals surface area contributed by atoms with Crippen molar-refractivity contribution in [2.45, 2.75) is 162 Å². The second-order valence-electron chi connectivity index (χ2n) is 23.9. The molecule has 6 aromatic rings. The summed E-state index contributed by atoms with van der Waals surface area (Å²) in [6, 6.07) is 31.8. The normalized spacial score (nSPS) is 19.2. The van der Waals surface area contributed by atoms with E-state index in [0.29, 0.717) is 0 Å². The van der Waals surface area contributed by atoms with Gasteiger partial charge in [0.2, 0.25) is 0 Å². The van der Waals surface area contributed by atoms with Crippen LogP contribution in [0.5, 0.6) is 0 Å². The maximum Gasteiger partial charge on any atom is 0.266 e. The molecule has 0 N–H and O–H groups in total. The smallest absolute Gasteiger partial charge is 0.266 e. The third kappa shape index (κ3) is 6.13. The molecule has 0 atom stereocenters. The first-order valence-electron chi connectivity index (χ1n) is 23.0. The highest BCUT2D eigenvalue weighted by Gasteiger charge is 2.49. The van der Waals surface area contributed by atoms with Crippen molar-refractivity contribution in [3.05, 3.63) is 118 Å². The average molecular weight is 824 g/mol. The van der Waals surface area contributed by atoms with Crippen LogP contribution in [0.3, 0.4) is 0 Å². The topological polar surface area (TPSA) is 19.4 Å². The minimum absolute atomic E-state index is 0.0243. The lowest BCUT2D eigenvalue weighted by molar-refractivity contribution is 0.332. The van der Waals surface area contributed by atoms with E-state index < -0.39 is 0 Å². The quantitative estimate of drug-likeness (QED) is 0.162. The van der Waals surface area contributed by atoms with Crippen molar-refractivity contribution in [1.29, 1.82) is 0 Å². The maximum atomic E-state index is 5.67. The van der Waals surface area contributed by atoms with E-state index in [0.717, 1.165) is 11.5 Å². The minimum Gasteiger partial charge on any atom is -0.310 e. The number of nitrogens with zero attached hydrogens (tertiary/aromatic N) is 3. The fourth-order valence-corrected chi connectivity index (χ4v) is 12.6. The molecule has 3 nitrogen and oxygen atoms in total. The molecule has 0 saturated carbocycles. The van der Waals surface area contributed by atoms with Gasteiger partial charge in [0, 0.05) is 43.3 Å². The number of hydrogen-bond acceptors (Lipinski definition) is 4. The van der Waals surface area contributed by atoms with Crippen LogP contribution in [0.1, 0.15) is 162 Å². The molecule has 2 aromatic heterocycles. The fourth-order valence-electron chi connectivity index (χ4n) is 11.3. The van der Waals surface area contributed by atoms with E-state index in [4.69, 9.17) is 4.98 Å². The molecule has 0 spiro atoms. The van der Waals surface area contributed by atoms with E-state index in [9.17, 15) is 0 Å². The summed E-state index contributed by atoms with van der Waals surface area (Å²) in [6.07, 6.45) is 4.74. The molecule has 4 aliphatic rings. The van der Waals surface area contributed by atoms with Crippen LogP contribution in [-0.4, -0.2) is 11.7 Å². The zero-order valence-electron chi connectivity index (χ0n) is 39.7. The van der Waals surface area contributed by atoms with Crippen LogP contribution in [-0.2, 0) is 32.5 Å². The van der Waals surface area contributed by atoms with Crippen LogP contribution < -0.4 is 25.5 Å². The highest BCUT2D eigenvalue weighted by atomic mass is 32.1. The van der Waals surface area contributed by atoms with Gasteiger partial charge in [-0.25, -0.2) is 4.98 Å². The third-order valence-corrected chi connectivity index (χ3v) is 16.8. The van der Waals surface area contributed by atoms with Gasteiger partial charge in [0.15, 0.2) is 0 Å². The van der Waals surface area contributed by atoms with Crippen molar-refractivity contribution in [3.8, 4) is 0 Å². The molecule has 10 rings (SSSR count). The number of aromatic nitrogens is 1. The molecule has 0 unspecified atom stereocenters. The number of rotatable bonds is 2. The zero-order chi connectivity index (χ0) is 43.6. The van der Waals surface area contributed by atoms with E-state index in [1.165, 1.54) is 113 Å². The second-order valence-corrected chi connectivity index (χ2v) is 25.0. The molecule has 0 amide bonds. The molecule has 0 bridgehead atoms. The Morgan fingerprint density at radius 3 is 1.70 bits per heavy atom. The molecule has 314 valence electrons. The summed E-state index contributed by atoms with van der Waals surface area (Å²) in [5.41, 5.74) is 19.2. The van der Waals surface area contributed by atoms with Gasteiger partial charge < -0.3 is 4.90 Å². The van der Waals surface area contributed by atoms with Crippen molar-refractivity contribution in [2.75, 3.05) is 9.80 Å². The monoisotopic (exact) mass is 824 g/mol. The molecule has 0 saturated heterocycles. The number of pyridine rings is 1. The van der Waals surface area contributed by atoms with Gasteiger partial charge in [-0.1, -0.05) is 127 Å². The van der Waals surface area contributed by atoms with E-state index in [1.807, 2.05) is 11.3 Å². The molecule has 5 heteroatoms. The lowest BCUT2D eigenvalue weighted by Crippen LogP contribution is -2.61. The summed E-state index contributed by atoms with van der Waals surface area (Å²) >= 11 is 2.00. The van der Waals surface area contributed by atoms with Gasteiger partial charge in [0.25, 0.3) is 6.71 Å². The van der Waals surface area contributed by atoms with Gasteiger partial charge in [-0.3, -0.25) is 4.90 Å². The maximum absolute atomic E-state index is 5.67. The van der Waals surface area contributed by atoms with Gasteiger partial charge in [-0.05, 0) is 158 Å². The number of anilines is 6. The third-order valence-electron chi connectivity index (χ3n) is 15.6. The van der Waals surface area contributed by atoms with E-state index in [2.05, 4.69) is 193 Å². The molecular weight excluding hydrogens is 758 g/mol. The van der Waals surface area contributed by atoms with Crippen molar-refractivity contribution in [1.82, 2.24) is 4.98 Å². The number of fused-ring (bicyclic) bond motifs is 8. The summed E-state index contributed by atoms with van der Waals surface area (Å²) in [5, 5.41) is 1.34. The van der Waals surface area contributed by atoms with E-state index >= 15 is 0 Å². The van der Waals surface area contributed by atoms with Crippen LogP contribution in [0, 0.1) is 6.92 Å². The summed E-state index contributed by atoms with van der Waals surface area (Å²) in [6.45, 7) is 35.9. The summed E-state index contributed by atoms with van der Waals surface area (Å²) in [7, 11) is 0. The first-order chi connectivity index (χ1) is 28.4. The highest BCUT2D eigenvalue weighted by molar-refractivity contribution is 7.33. The van der Waals surface area contributed by atoms with Crippen LogP contribution >= 0.6 is 11.3 Å². The Morgan fingerprint density at radius 1 is 0.557 bits per heavy atom. The molecule has 4 heterocycles. The van der Waals surface area contributed by atoms with Crippen molar-refractivity contribution in [2.24, 2.45) is 0 Å². The Balaban J connectivity index is 1.33. The van der Waals surface area contributed by atoms with Gasteiger partial charge in [0.1, 0.15) is 5.82 Å². The molecular formula is C56H66BN3S. The minimum atomic E-state index is 0.0243. The van der Waals surface area contributed by atoms with Crippen LogP contribution in [0.2, 0.25) is 0 Å². The van der Waals surface area contributed by atoms with E-state index in [-0.39, 0.29) is 39.2 Å². The number of thiophene rings is 1. The van der Waals surface area contributed by atoms with Crippen molar-refractivity contribution >= 4 is 78.1 Å². The van der Waals surface area contributed by atoms with Crippen LogP contribution in [0.15, 0.2) is 78.9 Å². The predicted molar refractivity (Wildman–Crippen MR) is 266 cm³/mol. The first-order valence-corrected chi connectivity index (χ1v) is 23.8. The lowest BCUT2D eigenvalue weighted by atomic mass is 9.36. The number of aryl methyl sites for hydroxylation is 1. The van der Waals surface area contributed by atoms with Crippen LogP contribution in [0.25, 0.3) is 10.1 Å². The van der Waals surface area contributed by atoms with Crippen molar-refractivity contribution < 1.29 is 0 Å². The molecule has 0 fully saturated rings. The van der Waals surface area contributed by atoms with Gasteiger partial charge in [-0.2, -0.15) is 0 Å². The Labute approximate surface area is 371 Å². The number of benzene rings is 4. The second kappa shape index (κ2) is 12.9. The molecule has 4 aromatic carbocycles. The first kappa shape index (κ1) is 40.7.